The maximum Gasteiger partial charge on any atom is 0.215 e. The van der Waals surface area contributed by atoms with E-state index in [-0.39, 0.29) is 0 Å². The van der Waals surface area contributed by atoms with Crippen LogP contribution in [-0.2, 0) is 10.0 Å². The highest BCUT2D eigenvalue weighted by Gasteiger charge is 2.21. The maximum absolute atomic E-state index is 11.1. The molecular weight excluding hydrogens is 214 g/mol. The van der Waals surface area contributed by atoms with Gasteiger partial charge in [-0.2, -0.15) is 0 Å². The average molecular weight is 227 g/mol. The molecule has 0 aliphatic carbocycles. The van der Waals surface area contributed by atoms with E-state index in [2.05, 4.69) is 16.5 Å². The third-order valence-corrected chi connectivity index (χ3v) is 3.32. The Morgan fingerprint density at radius 1 is 1.47 bits per heavy atom. The minimum absolute atomic E-state index is 0.303. The minimum Gasteiger partial charge on any atom is -0.237 e. The van der Waals surface area contributed by atoms with Crippen molar-refractivity contribution in [2.75, 3.05) is 0 Å². The van der Waals surface area contributed by atoms with Gasteiger partial charge in [-0.25, -0.2) is 23.5 Å². The van der Waals surface area contributed by atoms with Crippen molar-refractivity contribution in [1.82, 2.24) is 9.97 Å². The fourth-order valence-electron chi connectivity index (χ4n) is 0.939. The van der Waals surface area contributed by atoms with Crippen molar-refractivity contribution in [1.29, 1.82) is 0 Å². The first-order valence-corrected chi connectivity index (χ1v) is 5.92. The zero-order valence-electron chi connectivity index (χ0n) is 8.64. The van der Waals surface area contributed by atoms with Gasteiger partial charge in [0.15, 0.2) is 5.82 Å². The summed E-state index contributed by atoms with van der Waals surface area (Å²) in [5.74, 6) is 0.308. The molecule has 0 bridgehead atoms. The highest BCUT2D eigenvalue weighted by atomic mass is 32.2. The Balaban J connectivity index is 3.01. The van der Waals surface area contributed by atoms with Crippen LogP contribution >= 0.6 is 0 Å². The Morgan fingerprint density at radius 2 is 1.93 bits per heavy atom. The van der Waals surface area contributed by atoms with Crippen molar-refractivity contribution in [3.8, 4) is 0 Å². The van der Waals surface area contributed by atoms with Crippen LogP contribution in [0.1, 0.15) is 18.3 Å². The van der Waals surface area contributed by atoms with Gasteiger partial charge in [-0.1, -0.05) is 6.58 Å². The van der Waals surface area contributed by atoms with Gasteiger partial charge < -0.3 is 0 Å². The normalized spacial score (nSPS) is 13.5. The summed E-state index contributed by atoms with van der Waals surface area (Å²) in [7, 11) is -3.64. The first-order chi connectivity index (χ1) is 6.82. The van der Waals surface area contributed by atoms with E-state index in [0.29, 0.717) is 11.4 Å². The molecule has 0 fully saturated rings. The van der Waals surface area contributed by atoms with Crippen LogP contribution < -0.4 is 5.14 Å². The second kappa shape index (κ2) is 4.08. The Morgan fingerprint density at radius 3 is 2.33 bits per heavy atom. The van der Waals surface area contributed by atoms with Gasteiger partial charge in [0.05, 0.1) is 0 Å². The molecule has 6 heteroatoms. The minimum atomic E-state index is -3.64. The molecule has 5 nitrogen and oxygen atoms in total. The lowest BCUT2D eigenvalue weighted by Gasteiger charge is -2.10. The zero-order chi connectivity index (χ0) is 11.6. The number of rotatable bonds is 3. The van der Waals surface area contributed by atoms with Crippen LogP contribution in [0.25, 0.3) is 5.57 Å². The highest BCUT2D eigenvalue weighted by molar-refractivity contribution is 7.90. The number of hydrogen-bond acceptors (Lipinski definition) is 4. The van der Waals surface area contributed by atoms with Crippen molar-refractivity contribution in [3.05, 3.63) is 30.4 Å². The SMILES string of the molecule is C=C(c1ncc(C)cn1)C(C)S(N)(=O)=O. The number of aromatic nitrogens is 2. The lowest BCUT2D eigenvalue weighted by Crippen LogP contribution is -2.27. The fourth-order valence-corrected chi connectivity index (χ4v) is 1.44. The second-order valence-corrected chi connectivity index (χ2v) is 5.23. The molecule has 0 spiro atoms. The van der Waals surface area contributed by atoms with Gasteiger partial charge in [-0.3, -0.25) is 0 Å². The molecule has 82 valence electrons. The number of aryl methyl sites for hydroxylation is 1. The lowest BCUT2D eigenvalue weighted by molar-refractivity contribution is 0.593. The number of primary sulfonamides is 1. The monoisotopic (exact) mass is 227 g/mol. The van der Waals surface area contributed by atoms with E-state index in [0.717, 1.165) is 5.56 Å². The van der Waals surface area contributed by atoms with Crippen molar-refractivity contribution in [2.45, 2.75) is 19.1 Å². The lowest BCUT2D eigenvalue weighted by atomic mass is 10.2. The molecule has 1 aromatic heterocycles. The van der Waals surface area contributed by atoms with E-state index >= 15 is 0 Å². The van der Waals surface area contributed by atoms with Crippen LogP contribution in [0.4, 0.5) is 0 Å². The molecule has 1 unspecified atom stereocenters. The predicted molar refractivity (Wildman–Crippen MR) is 58.4 cm³/mol. The van der Waals surface area contributed by atoms with Crippen LogP contribution in [0.15, 0.2) is 19.0 Å². The summed E-state index contributed by atoms with van der Waals surface area (Å²) in [4.78, 5) is 7.96. The third-order valence-electron chi connectivity index (χ3n) is 2.05. The van der Waals surface area contributed by atoms with Gasteiger partial charge in [-0.15, -0.1) is 0 Å². The van der Waals surface area contributed by atoms with Crippen LogP contribution in [0.3, 0.4) is 0 Å². The summed E-state index contributed by atoms with van der Waals surface area (Å²) in [5.41, 5.74) is 1.20. The molecule has 1 atom stereocenters. The molecule has 0 aromatic carbocycles. The molecule has 0 saturated heterocycles. The van der Waals surface area contributed by atoms with E-state index in [4.69, 9.17) is 5.14 Å². The second-order valence-electron chi connectivity index (χ2n) is 3.34. The summed E-state index contributed by atoms with van der Waals surface area (Å²) in [6.45, 7) is 6.94. The van der Waals surface area contributed by atoms with Crippen molar-refractivity contribution in [3.63, 3.8) is 0 Å². The largest absolute Gasteiger partial charge is 0.237 e. The molecule has 0 radical (unpaired) electrons. The van der Waals surface area contributed by atoms with Crippen LogP contribution in [-0.4, -0.2) is 23.6 Å². The Kier molecular flexibility index (Phi) is 3.21. The molecule has 0 aliphatic heterocycles. The van der Waals surface area contributed by atoms with Crippen molar-refractivity contribution >= 4 is 15.6 Å². The Bertz CT molecular complexity index is 465. The number of nitrogens with two attached hydrogens (primary N) is 1. The molecule has 1 rings (SSSR count). The molecule has 0 amide bonds. The number of hydrogen-bond donors (Lipinski definition) is 1. The highest BCUT2D eigenvalue weighted by Crippen LogP contribution is 2.16. The first kappa shape index (κ1) is 11.8. The van der Waals surface area contributed by atoms with Gasteiger partial charge in [0.2, 0.25) is 10.0 Å². The number of nitrogens with zero attached hydrogens (tertiary/aromatic N) is 2. The summed E-state index contributed by atoms with van der Waals surface area (Å²) in [6, 6.07) is 0. The van der Waals surface area contributed by atoms with Crippen LogP contribution in [0.5, 0.6) is 0 Å². The summed E-state index contributed by atoms with van der Waals surface area (Å²) >= 11 is 0. The van der Waals surface area contributed by atoms with E-state index < -0.39 is 15.3 Å². The Labute approximate surface area is 89.1 Å². The summed E-state index contributed by atoms with van der Waals surface area (Å²) < 4.78 is 22.1. The molecule has 15 heavy (non-hydrogen) atoms. The van der Waals surface area contributed by atoms with E-state index in [1.165, 1.54) is 6.92 Å². The average Bonchev–Trinajstić information content (AvgIpc) is 2.15. The zero-order valence-corrected chi connectivity index (χ0v) is 9.45. The molecule has 0 saturated carbocycles. The van der Waals surface area contributed by atoms with Gasteiger partial charge in [0.25, 0.3) is 0 Å². The summed E-state index contributed by atoms with van der Waals surface area (Å²) in [6.07, 6.45) is 3.20. The molecule has 1 aromatic rings. The van der Waals surface area contributed by atoms with Crippen LogP contribution in [0.2, 0.25) is 0 Å². The fraction of sp³-hybridized carbons (Fsp3) is 0.333. The topological polar surface area (TPSA) is 85.9 Å². The van der Waals surface area contributed by atoms with Crippen molar-refractivity contribution in [2.24, 2.45) is 5.14 Å². The van der Waals surface area contributed by atoms with E-state index in [9.17, 15) is 8.42 Å². The smallest absolute Gasteiger partial charge is 0.215 e. The van der Waals surface area contributed by atoms with Crippen LogP contribution in [0, 0.1) is 6.92 Å². The van der Waals surface area contributed by atoms with E-state index in [1.54, 1.807) is 12.4 Å². The third kappa shape index (κ3) is 2.84. The van der Waals surface area contributed by atoms with Crippen molar-refractivity contribution < 1.29 is 8.42 Å². The van der Waals surface area contributed by atoms with Gasteiger partial charge in [-0.05, 0) is 19.4 Å². The summed E-state index contributed by atoms with van der Waals surface area (Å²) in [5, 5.41) is 4.13. The van der Waals surface area contributed by atoms with Gasteiger partial charge in [0.1, 0.15) is 5.25 Å². The molecular formula is C9H13N3O2S. The quantitative estimate of drug-likeness (QED) is 0.813. The maximum atomic E-state index is 11.1. The van der Waals surface area contributed by atoms with E-state index in [1.807, 2.05) is 6.92 Å². The molecule has 1 heterocycles. The standard InChI is InChI=1S/C9H13N3O2S/c1-6-4-11-9(12-5-6)7(2)8(3)15(10,13)14/h4-5,8H,2H2,1,3H3,(H2,10,13,14). The molecule has 0 aliphatic rings. The number of sulfonamides is 1. The first-order valence-electron chi connectivity index (χ1n) is 4.32. The molecule has 2 N–H and O–H groups in total. The van der Waals surface area contributed by atoms with Gasteiger partial charge in [0, 0.05) is 18.0 Å². The Hall–Kier alpha value is -1.27. The van der Waals surface area contributed by atoms with Gasteiger partial charge >= 0.3 is 0 Å². The predicted octanol–water partition coefficient (Wildman–Crippen LogP) is 0.475.